The SMILES string of the molecule is CNC(c1cc(C)ccc1C)C1CCS(=O)(=O)C1. The van der Waals surface area contributed by atoms with Crippen molar-refractivity contribution in [1.82, 2.24) is 5.32 Å². The van der Waals surface area contributed by atoms with Gasteiger partial charge in [0.05, 0.1) is 11.5 Å². The fourth-order valence-electron chi connectivity index (χ4n) is 2.83. The Balaban J connectivity index is 2.31. The molecule has 1 saturated heterocycles. The first-order valence-corrected chi connectivity index (χ1v) is 8.20. The van der Waals surface area contributed by atoms with E-state index in [1.54, 1.807) is 0 Å². The van der Waals surface area contributed by atoms with Gasteiger partial charge < -0.3 is 5.32 Å². The highest BCUT2D eigenvalue weighted by Crippen LogP contribution is 2.33. The van der Waals surface area contributed by atoms with E-state index < -0.39 is 9.84 Å². The Morgan fingerprint density at radius 3 is 2.61 bits per heavy atom. The topological polar surface area (TPSA) is 46.2 Å². The summed E-state index contributed by atoms with van der Waals surface area (Å²) in [6, 6.07) is 6.51. The van der Waals surface area contributed by atoms with E-state index in [4.69, 9.17) is 0 Å². The molecule has 0 aromatic heterocycles. The van der Waals surface area contributed by atoms with Crippen LogP contribution in [0.2, 0.25) is 0 Å². The van der Waals surface area contributed by atoms with Gasteiger partial charge in [0.15, 0.2) is 9.84 Å². The predicted octanol–water partition coefficient (Wildman–Crippen LogP) is 2.00. The first kappa shape index (κ1) is 13.6. The Bertz CT molecular complexity index is 537. The Kier molecular flexibility index (Phi) is 3.78. The van der Waals surface area contributed by atoms with Gasteiger partial charge in [0.25, 0.3) is 0 Å². The molecule has 0 radical (unpaired) electrons. The van der Waals surface area contributed by atoms with Crippen molar-refractivity contribution in [2.45, 2.75) is 26.3 Å². The maximum Gasteiger partial charge on any atom is 0.150 e. The van der Waals surface area contributed by atoms with E-state index in [9.17, 15) is 8.42 Å². The summed E-state index contributed by atoms with van der Waals surface area (Å²) in [6.07, 6.45) is 0.765. The summed E-state index contributed by atoms with van der Waals surface area (Å²) >= 11 is 0. The molecule has 1 aromatic carbocycles. The summed E-state index contributed by atoms with van der Waals surface area (Å²) in [7, 11) is -0.907. The highest BCUT2D eigenvalue weighted by Gasteiger charge is 2.34. The van der Waals surface area contributed by atoms with Gasteiger partial charge in [0, 0.05) is 6.04 Å². The summed E-state index contributed by atoms with van der Waals surface area (Å²) < 4.78 is 23.2. The van der Waals surface area contributed by atoms with E-state index in [2.05, 4.69) is 37.4 Å². The normalized spacial score (nSPS) is 24.1. The largest absolute Gasteiger partial charge is 0.313 e. The van der Waals surface area contributed by atoms with E-state index in [0.717, 1.165) is 6.42 Å². The van der Waals surface area contributed by atoms with Crippen molar-refractivity contribution in [3.05, 3.63) is 34.9 Å². The maximum atomic E-state index is 11.6. The molecule has 2 unspecified atom stereocenters. The van der Waals surface area contributed by atoms with E-state index in [1.807, 2.05) is 7.05 Å². The van der Waals surface area contributed by atoms with Gasteiger partial charge in [-0.05, 0) is 44.4 Å². The van der Waals surface area contributed by atoms with Crippen molar-refractivity contribution in [3.8, 4) is 0 Å². The van der Waals surface area contributed by atoms with Crippen LogP contribution in [-0.4, -0.2) is 27.0 Å². The van der Waals surface area contributed by atoms with Crippen molar-refractivity contribution < 1.29 is 8.42 Å². The smallest absolute Gasteiger partial charge is 0.150 e. The molecule has 0 aliphatic carbocycles. The molecule has 0 saturated carbocycles. The average molecular weight is 267 g/mol. The molecule has 1 aliphatic rings. The molecule has 1 aliphatic heterocycles. The van der Waals surface area contributed by atoms with Crippen LogP contribution in [0.5, 0.6) is 0 Å². The standard InChI is InChI=1S/C14H21NO2S/c1-10-4-5-11(2)13(8-10)14(15-3)12-6-7-18(16,17)9-12/h4-5,8,12,14-15H,6-7,9H2,1-3H3. The van der Waals surface area contributed by atoms with Crippen molar-refractivity contribution >= 4 is 9.84 Å². The van der Waals surface area contributed by atoms with Gasteiger partial charge in [0.2, 0.25) is 0 Å². The molecule has 1 heterocycles. The lowest BCUT2D eigenvalue weighted by Crippen LogP contribution is -2.27. The van der Waals surface area contributed by atoms with Crippen LogP contribution >= 0.6 is 0 Å². The number of aryl methyl sites for hydroxylation is 2. The molecule has 1 N–H and O–H groups in total. The molecule has 3 nitrogen and oxygen atoms in total. The highest BCUT2D eigenvalue weighted by molar-refractivity contribution is 7.91. The number of benzene rings is 1. The quantitative estimate of drug-likeness (QED) is 0.911. The van der Waals surface area contributed by atoms with Crippen LogP contribution in [0.15, 0.2) is 18.2 Å². The number of nitrogens with one attached hydrogen (secondary N) is 1. The third-order valence-corrected chi connectivity index (χ3v) is 5.61. The molecule has 100 valence electrons. The Hall–Kier alpha value is -0.870. The van der Waals surface area contributed by atoms with E-state index in [1.165, 1.54) is 16.7 Å². The van der Waals surface area contributed by atoms with Crippen LogP contribution < -0.4 is 5.32 Å². The van der Waals surface area contributed by atoms with Crippen LogP contribution in [-0.2, 0) is 9.84 Å². The molecule has 4 heteroatoms. The minimum atomic E-state index is -2.82. The molecule has 0 amide bonds. The van der Waals surface area contributed by atoms with Crippen LogP contribution in [0.4, 0.5) is 0 Å². The zero-order chi connectivity index (χ0) is 13.3. The number of sulfone groups is 1. The van der Waals surface area contributed by atoms with E-state index in [-0.39, 0.29) is 12.0 Å². The first-order valence-electron chi connectivity index (χ1n) is 6.38. The van der Waals surface area contributed by atoms with E-state index in [0.29, 0.717) is 11.5 Å². The average Bonchev–Trinajstić information content (AvgIpc) is 2.65. The van der Waals surface area contributed by atoms with Crippen LogP contribution in [0.3, 0.4) is 0 Å². The first-order chi connectivity index (χ1) is 8.43. The second-order valence-corrected chi connectivity index (χ2v) is 7.52. The molecular weight excluding hydrogens is 246 g/mol. The number of hydrogen-bond acceptors (Lipinski definition) is 3. The van der Waals surface area contributed by atoms with Crippen molar-refractivity contribution in [1.29, 1.82) is 0 Å². The van der Waals surface area contributed by atoms with Crippen LogP contribution in [0.1, 0.15) is 29.2 Å². The zero-order valence-electron chi connectivity index (χ0n) is 11.2. The zero-order valence-corrected chi connectivity index (χ0v) is 12.0. The summed E-state index contributed by atoms with van der Waals surface area (Å²) in [5, 5.41) is 3.30. The second-order valence-electron chi connectivity index (χ2n) is 5.29. The fourth-order valence-corrected chi connectivity index (χ4v) is 4.67. The molecule has 2 atom stereocenters. The number of hydrogen-bond donors (Lipinski definition) is 1. The Morgan fingerprint density at radius 2 is 2.06 bits per heavy atom. The third kappa shape index (κ3) is 2.75. The fraction of sp³-hybridized carbons (Fsp3) is 0.571. The minimum Gasteiger partial charge on any atom is -0.313 e. The second kappa shape index (κ2) is 5.02. The van der Waals surface area contributed by atoms with Gasteiger partial charge in [-0.3, -0.25) is 0 Å². The van der Waals surface area contributed by atoms with Crippen molar-refractivity contribution in [3.63, 3.8) is 0 Å². The Labute approximate surface area is 110 Å². The molecule has 0 bridgehead atoms. The molecular formula is C14H21NO2S. The molecule has 18 heavy (non-hydrogen) atoms. The van der Waals surface area contributed by atoms with Crippen molar-refractivity contribution in [2.24, 2.45) is 5.92 Å². The highest BCUT2D eigenvalue weighted by atomic mass is 32.2. The minimum absolute atomic E-state index is 0.141. The monoisotopic (exact) mass is 267 g/mol. The third-order valence-electron chi connectivity index (χ3n) is 3.82. The lowest BCUT2D eigenvalue weighted by molar-refractivity contribution is 0.417. The van der Waals surface area contributed by atoms with Gasteiger partial charge >= 0.3 is 0 Å². The van der Waals surface area contributed by atoms with Gasteiger partial charge in [-0.2, -0.15) is 0 Å². The molecule has 1 fully saturated rings. The van der Waals surface area contributed by atoms with Gasteiger partial charge in [-0.1, -0.05) is 23.8 Å². The Morgan fingerprint density at radius 1 is 1.33 bits per heavy atom. The van der Waals surface area contributed by atoms with Crippen LogP contribution in [0.25, 0.3) is 0 Å². The number of rotatable bonds is 3. The van der Waals surface area contributed by atoms with Gasteiger partial charge in [0.1, 0.15) is 0 Å². The summed E-state index contributed by atoms with van der Waals surface area (Å²) in [6.45, 7) is 4.16. The molecule has 1 aromatic rings. The summed E-state index contributed by atoms with van der Waals surface area (Å²) in [5.41, 5.74) is 3.68. The summed E-state index contributed by atoms with van der Waals surface area (Å²) in [4.78, 5) is 0. The molecule has 0 spiro atoms. The van der Waals surface area contributed by atoms with Crippen molar-refractivity contribution in [2.75, 3.05) is 18.6 Å². The lowest BCUT2D eigenvalue weighted by Gasteiger charge is -2.24. The van der Waals surface area contributed by atoms with E-state index >= 15 is 0 Å². The summed E-state index contributed by atoms with van der Waals surface area (Å²) in [5.74, 6) is 0.840. The molecule has 2 rings (SSSR count). The van der Waals surface area contributed by atoms with Gasteiger partial charge in [-0.25, -0.2) is 8.42 Å². The predicted molar refractivity (Wildman–Crippen MR) is 74.5 cm³/mol. The van der Waals surface area contributed by atoms with Crippen LogP contribution in [0, 0.1) is 19.8 Å². The van der Waals surface area contributed by atoms with Gasteiger partial charge in [-0.15, -0.1) is 0 Å². The maximum absolute atomic E-state index is 11.6. The lowest BCUT2D eigenvalue weighted by atomic mass is 9.89.